The van der Waals surface area contributed by atoms with Gasteiger partial charge in [-0.15, -0.1) is 0 Å². The first-order chi connectivity index (χ1) is 9.56. The molecule has 1 atom stereocenters. The highest BCUT2D eigenvalue weighted by atomic mass is 16.5. The second kappa shape index (κ2) is 8.59. The Kier molecular flexibility index (Phi) is 7.09. The number of rotatable bonds is 8. The summed E-state index contributed by atoms with van der Waals surface area (Å²) in [6, 6.07) is 7.71. The van der Waals surface area contributed by atoms with E-state index in [1.807, 2.05) is 31.2 Å². The fraction of sp³-hybridized carbons (Fsp3) is 0.562. The van der Waals surface area contributed by atoms with E-state index in [0.717, 1.165) is 25.4 Å². The highest BCUT2D eigenvalue weighted by Gasteiger charge is 2.14. The van der Waals surface area contributed by atoms with Crippen LogP contribution in [-0.4, -0.2) is 43.1 Å². The minimum Gasteiger partial charge on any atom is -0.481 e. The molecule has 20 heavy (non-hydrogen) atoms. The van der Waals surface area contributed by atoms with Crippen LogP contribution in [0.3, 0.4) is 0 Å². The largest absolute Gasteiger partial charge is 0.481 e. The lowest BCUT2D eigenvalue weighted by atomic mass is 10.2. The van der Waals surface area contributed by atoms with Gasteiger partial charge in [-0.05, 0) is 39.1 Å². The van der Waals surface area contributed by atoms with Gasteiger partial charge in [-0.25, -0.2) is 0 Å². The molecule has 112 valence electrons. The molecular weight excluding hydrogens is 252 g/mol. The number of hydrogen-bond acceptors (Lipinski definition) is 3. The zero-order chi connectivity index (χ0) is 15.0. The number of carbonyl (C=O) groups excluding carboxylic acids is 1. The number of aryl methyl sites for hydroxylation is 1. The molecule has 1 rings (SSSR count). The fourth-order valence-electron chi connectivity index (χ4n) is 1.90. The van der Waals surface area contributed by atoms with Crippen LogP contribution in [0.1, 0.15) is 26.3 Å². The third-order valence-electron chi connectivity index (χ3n) is 3.32. The van der Waals surface area contributed by atoms with E-state index in [1.54, 1.807) is 6.92 Å². The number of ether oxygens (including phenoxy) is 1. The molecule has 0 aromatic heterocycles. The Bertz CT molecular complexity index is 399. The third kappa shape index (κ3) is 5.61. The number of amides is 1. The smallest absolute Gasteiger partial charge is 0.260 e. The molecule has 0 saturated carbocycles. The van der Waals surface area contributed by atoms with E-state index < -0.39 is 6.10 Å². The van der Waals surface area contributed by atoms with Crippen LogP contribution in [0, 0.1) is 6.92 Å². The van der Waals surface area contributed by atoms with E-state index in [1.165, 1.54) is 5.56 Å². The molecule has 1 unspecified atom stereocenters. The molecule has 0 aliphatic heterocycles. The minimum atomic E-state index is -0.477. The first-order valence-corrected chi connectivity index (χ1v) is 7.30. The lowest BCUT2D eigenvalue weighted by molar-refractivity contribution is -0.127. The van der Waals surface area contributed by atoms with Gasteiger partial charge in [-0.3, -0.25) is 4.79 Å². The van der Waals surface area contributed by atoms with E-state index >= 15 is 0 Å². The summed E-state index contributed by atoms with van der Waals surface area (Å²) in [5, 5.41) is 2.91. The Morgan fingerprint density at radius 2 is 1.85 bits per heavy atom. The maximum Gasteiger partial charge on any atom is 0.260 e. The van der Waals surface area contributed by atoms with Crippen LogP contribution in [0.4, 0.5) is 0 Å². The van der Waals surface area contributed by atoms with Crippen LogP contribution < -0.4 is 10.1 Å². The van der Waals surface area contributed by atoms with Gasteiger partial charge in [0.1, 0.15) is 5.75 Å². The molecular formula is C16H26N2O2. The van der Waals surface area contributed by atoms with Crippen molar-refractivity contribution in [3.8, 4) is 5.75 Å². The number of benzene rings is 1. The van der Waals surface area contributed by atoms with E-state index in [0.29, 0.717) is 6.54 Å². The fourth-order valence-corrected chi connectivity index (χ4v) is 1.90. The number of nitrogens with zero attached hydrogens (tertiary/aromatic N) is 1. The van der Waals surface area contributed by atoms with Crippen LogP contribution in [0.25, 0.3) is 0 Å². The Morgan fingerprint density at radius 3 is 2.40 bits per heavy atom. The van der Waals surface area contributed by atoms with Gasteiger partial charge in [0.05, 0.1) is 0 Å². The molecule has 0 saturated heterocycles. The van der Waals surface area contributed by atoms with E-state index in [4.69, 9.17) is 4.74 Å². The molecule has 0 radical (unpaired) electrons. The molecule has 0 fully saturated rings. The molecule has 0 bridgehead atoms. The summed E-state index contributed by atoms with van der Waals surface area (Å²) < 4.78 is 5.62. The first-order valence-electron chi connectivity index (χ1n) is 7.30. The molecule has 0 aliphatic carbocycles. The van der Waals surface area contributed by atoms with Crippen molar-refractivity contribution in [3.05, 3.63) is 29.8 Å². The van der Waals surface area contributed by atoms with E-state index in [9.17, 15) is 4.79 Å². The van der Waals surface area contributed by atoms with Crippen molar-refractivity contribution in [1.29, 1.82) is 0 Å². The van der Waals surface area contributed by atoms with E-state index in [-0.39, 0.29) is 5.91 Å². The first kappa shape index (κ1) is 16.5. The molecule has 0 spiro atoms. The molecule has 0 aliphatic rings. The summed E-state index contributed by atoms with van der Waals surface area (Å²) in [4.78, 5) is 14.2. The predicted molar refractivity (Wildman–Crippen MR) is 82.1 cm³/mol. The third-order valence-corrected chi connectivity index (χ3v) is 3.32. The summed E-state index contributed by atoms with van der Waals surface area (Å²) in [6.07, 6.45) is -0.477. The maximum atomic E-state index is 11.9. The standard InChI is InChI=1S/C16H26N2O2/c1-5-18(6-2)12-11-17-16(19)14(4)20-15-9-7-13(3)8-10-15/h7-10,14H,5-6,11-12H2,1-4H3,(H,17,19). The SMILES string of the molecule is CCN(CC)CCNC(=O)C(C)Oc1ccc(C)cc1. The predicted octanol–water partition coefficient (Wildman–Crippen LogP) is 2.22. The van der Waals surface area contributed by atoms with Gasteiger partial charge in [0.2, 0.25) is 0 Å². The summed E-state index contributed by atoms with van der Waals surface area (Å²) >= 11 is 0. The van der Waals surface area contributed by atoms with E-state index in [2.05, 4.69) is 24.1 Å². The van der Waals surface area contributed by atoms with Gasteiger partial charge in [-0.2, -0.15) is 0 Å². The minimum absolute atomic E-state index is 0.0715. The van der Waals surface area contributed by atoms with Crippen LogP contribution in [0.5, 0.6) is 5.75 Å². The zero-order valence-electron chi connectivity index (χ0n) is 13.0. The van der Waals surface area contributed by atoms with Crippen LogP contribution >= 0.6 is 0 Å². The maximum absolute atomic E-state index is 11.9. The number of likely N-dealkylation sites (N-methyl/N-ethyl adjacent to an activating group) is 1. The second-order valence-electron chi connectivity index (χ2n) is 4.89. The monoisotopic (exact) mass is 278 g/mol. The van der Waals surface area contributed by atoms with Crippen LogP contribution in [0.2, 0.25) is 0 Å². The zero-order valence-corrected chi connectivity index (χ0v) is 13.0. The molecule has 1 N–H and O–H groups in total. The Balaban J connectivity index is 2.33. The van der Waals surface area contributed by atoms with Crippen LogP contribution in [-0.2, 0) is 4.79 Å². The average Bonchev–Trinajstić information content (AvgIpc) is 2.45. The Hall–Kier alpha value is -1.55. The number of nitrogens with one attached hydrogen (secondary N) is 1. The second-order valence-corrected chi connectivity index (χ2v) is 4.89. The van der Waals surface area contributed by atoms with Gasteiger partial charge in [-0.1, -0.05) is 31.5 Å². The van der Waals surface area contributed by atoms with Crippen molar-refractivity contribution >= 4 is 5.91 Å². The highest BCUT2D eigenvalue weighted by molar-refractivity contribution is 5.80. The van der Waals surface area contributed by atoms with Crippen LogP contribution in [0.15, 0.2) is 24.3 Å². The number of hydrogen-bond donors (Lipinski definition) is 1. The Labute approximate surface area is 122 Å². The van der Waals surface area contributed by atoms with Crippen molar-refractivity contribution < 1.29 is 9.53 Å². The summed E-state index contributed by atoms with van der Waals surface area (Å²) in [5.41, 5.74) is 1.17. The normalized spacial score (nSPS) is 12.2. The molecule has 0 heterocycles. The average molecular weight is 278 g/mol. The van der Waals surface area contributed by atoms with Crippen molar-refractivity contribution in [1.82, 2.24) is 10.2 Å². The van der Waals surface area contributed by atoms with Gasteiger partial charge in [0.15, 0.2) is 6.10 Å². The quantitative estimate of drug-likeness (QED) is 0.793. The molecule has 1 amide bonds. The molecule has 1 aromatic rings. The molecule has 4 nitrogen and oxygen atoms in total. The lowest BCUT2D eigenvalue weighted by Gasteiger charge is -2.19. The van der Waals surface area contributed by atoms with Gasteiger partial charge >= 0.3 is 0 Å². The van der Waals surface area contributed by atoms with Gasteiger partial charge < -0.3 is 15.0 Å². The summed E-state index contributed by atoms with van der Waals surface area (Å²) in [5.74, 6) is 0.653. The lowest BCUT2D eigenvalue weighted by Crippen LogP contribution is -2.40. The number of carbonyl (C=O) groups is 1. The van der Waals surface area contributed by atoms with Crippen molar-refractivity contribution in [2.75, 3.05) is 26.2 Å². The topological polar surface area (TPSA) is 41.6 Å². The molecule has 4 heteroatoms. The van der Waals surface area contributed by atoms with Gasteiger partial charge in [0.25, 0.3) is 5.91 Å². The summed E-state index contributed by atoms with van der Waals surface area (Å²) in [7, 11) is 0. The van der Waals surface area contributed by atoms with Gasteiger partial charge in [0, 0.05) is 13.1 Å². The van der Waals surface area contributed by atoms with Crippen molar-refractivity contribution in [3.63, 3.8) is 0 Å². The Morgan fingerprint density at radius 1 is 1.25 bits per heavy atom. The van der Waals surface area contributed by atoms with Crippen molar-refractivity contribution in [2.24, 2.45) is 0 Å². The summed E-state index contributed by atoms with van der Waals surface area (Å²) in [6.45, 7) is 11.6. The molecule has 1 aromatic carbocycles. The highest BCUT2D eigenvalue weighted by Crippen LogP contribution is 2.13. The van der Waals surface area contributed by atoms with Crippen molar-refractivity contribution in [2.45, 2.75) is 33.8 Å².